The molecule has 0 unspecified atom stereocenters. The quantitative estimate of drug-likeness (QED) is 0.295. The van der Waals surface area contributed by atoms with Gasteiger partial charge in [0.2, 0.25) is 5.96 Å². The Balaban J connectivity index is 2.48. The molecule has 5 nitrogen and oxygen atoms in total. The molecule has 0 spiro atoms. The largest absolute Gasteiger partial charge is 0.353 e. The van der Waals surface area contributed by atoms with Gasteiger partial charge in [0.15, 0.2) is 0 Å². The van der Waals surface area contributed by atoms with Crippen molar-refractivity contribution in [2.75, 3.05) is 0 Å². The molecule has 1 aromatic rings. The van der Waals surface area contributed by atoms with E-state index in [2.05, 4.69) is 20.7 Å². The number of nitrogens with zero attached hydrogens (tertiary/aromatic N) is 2. The third-order valence-electron chi connectivity index (χ3n) is 1.44. The molecule has 0 fully saturated rings. The maximum atomic E-state index is 5.31. The average Bonchev–Trinajstić information content (AvgIpc) is 2.64. The lowest BCUT2D eigenvalue weighted by Gasteiger charge is -2.11. The van der Waals surface area contributed by atoms with Crippen molar-refractivity contribution in [3.63, 3.8) is 0 Å². The molecule has 0 bridgehead atoms. The second-order valence-electron chi connectivity index (χ2n) is 3.08. The molecule has 78 valence electrons. The summed E-state index contributed by atoms with van der Waals surface area (Å²) in [4.78, 5) is 9.34. The zero-order valence-corrected chi connectivity index (χ0v) is 9.14. The highest BCUT2D eigenvalue weighted by atomic mass is 32.1. The molecule has 0 atom stereocenters. The van der Waals surface area contributed by atoms with Crippen LogP contribution in [-0.2, 0) is 6.54 Å². The summed E-state index contributed by atoms with van der Waals surface area (Å²) < 4.78 is 0. The fraction of sp³-hybridized carbons (Fsp3) is 0.500. The van der Waals surface area contributed by atoms with Gasteiger partial charge in [-0.05, 0) is 13.8 Å². The lowest BCUT2D eigenvalue weighted by atomic mass is 10.4. The molecule has 0 aliphatic heterocycles. The maximum absolute atomic E-state index is 5.31. The Hall–Kier alpha value is -1.14. The molecule has 14 heavy (non-hydrogen) atoms. The molecule has 1 rings (SSSR count). The normalized spacial score (nSPS) is 11.9. The third kappa shape index (κ3) is 3.71. The lowest BCUT2D eigenvalue weighted by Crippen LogP contribution is -2.44. The van der Waals surface area contributed by atoms with Crippen molar-refractivity contribution in [2.45, 2.75) is 26.4 Å². The molecule has 1 heterocycles. The van der Waals surface area contributed by atoms with Crippen LogP contribution in [0.15, 0.2) is 16.7 Å². The number of aromatic nitrogens is 1. The summed E-state index contributed by atoms with van der Waals surface area (Å²) in [5.74, 6) is 5.91. The minimum atomic E-state index is 0.311. The number of hydrogen-bond acceptors (Lipinski definition) is 4. The van der Waals surface area contributed by atoms with Crippen molar-refractivity contribution in [2.24, 2.45) is 10.8 Å². The number of nitrogens with two attached hydrogens (primary N) is 1. The predicted molar refractivity (Wildman–Crippen MR) is 58.8 cm³/mol. The summed E-state index contributed by atoms with van der Waals surface area (Å²) in [6, 6.07) is 0.311. The van der Waals surface area contributed by atoms with Gasteiger partial charge < -0.3 is 5.32 Å². The number of hydrogen-bond donors (Lipinski definition) is 3. The van der Waals surface area contributed by atoms with Crippen molar-refractivity contribution < 1.29 is 0 Å². The number of aliphatic imine (C=N–C) groups is 1. The molecule has 0 saturated carbocycles. The van der Waals surface area contributed by atoms with Crippen LogP contribution in [0.3, 0.4) is 0 Å². The van der Waals surface area contributed by atoms with E-state index in [0.717, 1.165) is 4.88 Å². The molecule has 0 aliphatic carbocycles. The van der Waals surface area contributed by atoms with Gasteiger partial charge in [-0.2, -0.15) is 0 Å². The van der Waals surface area contributed by atoms with Crippen LogP contribution in [-0.4, -0.2) is 17.0 Å². The van der Waals surface area contributed by atoms with Crippen LogP contribution in [0, 0.1) is 0 Å². The van der Waals surface area contributed by atoms with Gasteiger partial charge in [-0.1, -0.05) is 0 Å². The highest BCUT2D eigenvalue weighted by molar-refractivity contribution is 7.09. The second kappa shape index (κ2) is 5.56. The van der Waals surface area contributed by atoms with Crippen LogP contribution < -0.4 is 16.6 Å². The minimum absolute atomic E-state index is 0.311. The molecule has 0 saturated heterocycles. The van der Waals surface area contributed by atoms with Gasteiger partial charge in [-0.3, -0.25) is 10.4 Å². The van der Waals surface area contributed by atoms with E-state index >= 15 is 0 Å². The lowest BCUT2D eigenvalue weighted by molar-refractivity contribution is 0.702. The summed E-state index contributed by atoms with van der Waals surface area (Å²) >= 11 is 1.58. The molecule has 0 aliphatic rings. The molecule has 1 aromatic heterocycles. The number of guanidine groups is 1. The number of thiazole rings is 1. The Morgan fingerprint density at radius 2 is 2.50 bits per heavy atom. The smallest absolute Gasteiger partial charge is 0.206 e. The van der Waals surface area contributed by atoms with E-state index in [0.29, 0.717) is 18.5 Å². The van der Waals surface area contributed by atoms with Crippen LogP contribution >= 0.6 is 11.3 Å². The first-order valence-electron chi connectivity index (χ1n) is 4.37. The van der Waals surface area contributed by atoms with E-state index in [1.54, 1.807) is 23.0 Å². The average molecular weight is 213 g/mol. The Morgan fingerprint density at radius 3 is 3.00 bits per heavy atom. The van der Waals surface area contributed by atoms with E-state index < -0.39 is 0 Å². The molecule has 0 radical (unpaired) electrons. The van der Waals surface area contributed by atoms with Crippen LogP contribution in [0.25, 0.3) is 0 Å². The number of nitrogens with one attached hydrogen (secondary N) is 2. The predicted octanol–water partition coefficient (Wildman–Crippen LogP) is 0.460. The molecule has 4 N–H and O–H groups in total. The van der Waals surface area contributed by atoms with Crippen molar-refractivity contribution in [1.29, 1.82) is 0 Å². The van der Waals surface area contributed by atoms with Crippen molar-refractivity contribution in [3.05, 3.63) is 16.6 Å². The molecule has 6 heteroatoms. The van der Waals surface area contributed by atoms with Crippen LogP contribution in [0.4, 0.5) is 0 Å². The van der Waals surface area contributed by atoms with Gasteiger partial charge in [0.1, 0.15) is 0 Å². The molecule has 0 aromatic carbocycles. The fourth-order valence-corrected chi connectivity index (χ4v) is 1.40. The van der Waals surface area contributed by atoms with E-state index in [-0.39, 0.29) is 0 Å². The topological polar surface area (TPSA) is 75.3 Å². The summed E-state index contributed by atoms with van der Waals surface area (Å²) in [6.45, 7) is 4.66. The standard InChI is InChI=1S/C8H15N5S/c1-6(2)12-8(13-9)11-4-7-3-10-5-14-7/h3,5-6H,4,9H2,1-2H3,(H2,11,12,13). The van der Waals surface area contributed by atoms with Crippen molar-refractivity contribution in [1.82, 2.24) is 15.7 Å². The van der Waals surface area contributed by atoms with E-state index in [4.69, 9.17) is 5.84 Å². The molecular weight excluding hydrogens is 198 g/mol. The zero-order valence-electron chi connectivity index (χ0n) is 8.32. The van der Waals surface area contributed by atoms with E-state index in [9.17, 15) is 0 Å². The summed E-state index contributed by atoms with van der Waals surface area (Å²) in [6.07, 6.45) is 1.80. The van der Waals surface area contributed by atoms with Gasteiger partial charge >= 0.3 is 0 Å². The first kappa shape index (κ1) is 10.9. The van der Waals surface area contributed by atoms with E-state index in [1.165, 1.54) is 0 Å². The third-order valence-corrected chi connectivity index (χ3v) is 2.20. The Morgan fingerprint density at radius 1 is 1.71 bits per heavy atom. The summed E-state index contributed by atoms with van der Waals surface area (Å²) in [5, 5.41) is 3.09. The Kier molecular flexibility index (Phi) is 4.34. The van der Waals surface area contributed by atoms with Gasteiger partial charge in [-0.25, -0.2) is 10.8 Å². The first-order chi connectivity index (χ1) is 6.72. The minimum Gasteiger partial charge on any atom is -0.353 e. The second-order valence-corrected chi connectivity index (χ2v) is 4.05. The Bertz CT molecular complexity index is 280. The van der Waals surface area contributed by atoms with Crippen LogP contribution in [0.5, 0.6) is 0 Å². The van der Waals surface area contributed by atoms with Gasteiger partial charge in [0.05, 0.1) is 12.1 Å². The highest BCUT2D eigenvalue weighted by Gasteiger charge is 1.98. The van der Waals surface area contributed by atoms with Crippen molar-refractivity contribution >= 4 is 17.3 Å². The SMILES string of the molecule is CC(C)NC(=NCc1cncs1)NN. The zero-order chi connectivity index (χ0) is 10.4. The van der Waals surface area contributed by atoms with E-state index in [1.807, 2.05) is 13.8 Å². The van der Waals surface area contributed by atoms with Crippen LogP contribution in [0.1, 0.15) is 18.7 Å². The van der Waals surface area contributed by atoms with Crippen LogP contribution in [0.2, 0.25) is 0 Å². The van der Waals surface area contributed by atoms with Gasteiger partial charge in [0.25, 0.3) is 0 Å². The summed E-state index contributed by atoms with van der Waals surface area (Å²) in [7, 11) is 0. The molecular formula is C8H15N5S. The monoisotopic (exact) mass is 213 g/mol. The fourth-order valence-electron chi connectivity index (χ4n) is 0.884. The summed E-state index contributed by atoms with van der Waals surface area (Å²) in [5.41, 5.74) is 4.31. The number of hydrazine groups is 1. The van der Waals surface area contributed by atoms with Gasteiger partial charge in [0, 0.05) is 17.1 Å². The number of rotatable bonds is 3. The Labute approximate surface area is 87.4 Å². The van der Waals surface area contributed by atoms with Crippen molar-refractivity contribution in [3.8, 4) is 0 Å². The van der Waals surface area contributed by atoms with Gasteiger partial charge in [-0.15, -0.1) is 11.3 Å². The molecule has 0 amide bonds. The highest BCUT2D eigenvalue weighted by Crippen LogP contribution is 2.06. The first-order valence-corrected chi connectivity index (χ1v) is 5.25. The maximum Gasteiger partial charge on any atom is 0.206 e.